The van der Waals surface area contributed by atoms with Crippen LogP contribution in [0.4, 0.5) is 15.9 Å². The Hall–Kier alpha value is -5.97. The van der Waals surface area contributed by atoms with E-state index in [1.165, 1.54) is 0 Å². The summed E-state index contributed by atoms with van der Waals surface area (Å²) in [6.07, 6.45) is 9.63. The lowest BCUT2D eigenvalue weighted by Crippen LogP contribution is -2.52. The van der Waals surface area contributed by atoms with Gasteiger partial charge in [0.2, 0.25) is 11.8 Å². The van der Waals surface area contributed by atoms with Crippen molar-refractivity contribution in [3.63, 3.8) is 0 Å². The van der Waals surface area contributed by atoms with Gasteiger partial charge < -0.3 is 39.7 Å². The predicted molar refractivity (Wildman–Crippen MR) is 261 cm³/mol. The van der Waals surface area contributed by atoms with Crippen molar-refractivity contribution in [1.82, 2.24) is 40.3 Å². The number of rotatable bonds is 12. The molecule has 1 aliphatic carbocycles. The summed E-state index contributed by atoms with van der Waals surface area (Å²) in [5.74, 6) is 0.0111. The van der Waals surface area contributed by atoms with E-state index in [4.69, 9.17) is 19.7 Å². The number of piperazine rings is 2. The van der Waals surface area contributed by atoms with Crippen molar-refractivity contribution < 1.29 is 28.6 Å². The van der Waals surface area contributed by atoms with E-state index in [1.807, 2.05) is 30.3 Å². The number of ether oxygens (including phenoxy) is 1. The van der Waals surface area contributed by atoms with Crippen LogP contribution in [0.3, 0.4) is 0 Å². The van der Waals surface area contributed by atoms with E-state index < -0.39 is 11.9 Å². The highest BCUT2D eigenvalue weighted by atomic mass is 19.1. The van der Waals surface area contributed by atoms with E-state index in [2.05, 4.69) is 43.2 Å². The molecule has 3 unspecified atom stereocenters. The SMILES string of the molecule is CCc1cccc2cc(O)cc(-c3ncc4c(N5CC6CCC(C5)N6)nc(OCC5(CN6CCN(CC7CCN(c8ccc9c(c8)CN(C8CCC(=O)NC8=O)C9=O)CC7)CC6)CC5)nc4c3F)c12. The van der Waals surface area contributed by atoms with Crippen molar-refractivity contribution in [2.24, 2.45) is 11.3 Å². The number of halogens is 1. The zero-order valence-electron chi connectivity index (χ0n) is 39.4. The minimum atomic E-state index is -0.604. The summed E-state index contributed by atoms with van der Waals surface area (Å²) < 4.78 is 23.7. The zero-order valence-corrected chi connectivity index (χ0v) is 39.4. The van der Waals surface area contributed by atoms with Gasteiger partial charge in [-0.1, -0.05) is 25.1 Å². The summed E-state index contributed by atoms with van der Waals surface area (Å²) in [6, 6.07) is 15.6. The molecule has 2 bridgehead atoms. The third-order valence-corrected chi connectivity index (χ3v) is 16.3. The number of phenolic OH excluding ortho intramolecular Hbond substituents is 1. The summed E-state index contributed by atoms with van der Waals surface area (Å²) in [6.45, 7) is 12.6. The first-order valence-corrected chi connectivity index (χ1v) is 25.3. The molecule has 3 amide bonds. The molecule has 8 heterocycles. The van der Waals surface area contributed by atoms with E-state index in [9.17, 15) is 19.5 Å². The van der Waals surface area contributed by atoms with Gasteiger partial charge in [0.25, 0.3) is 5.91 Å². The molecule has 1 saturated carbocycles. The monoisotopic (exact) mass is 936 g/mol. The molecule has 6 fully saturated rings. The van der Waals surface area contributed by atoms with E-state index in [1.54, 1.807) is 23.2 Å². The number of aryl methyl sites for hydroxylation is 1. The predicted octanol–water partition coefficient (Wildman–Crippen LogP) is 5.65. The van der Waals surface area contributed by atoms with Crippen LogP contribution in [-0.4, -0.2) is 143 Å². The maximum absolute atomic E-state index is 17.2. The quantitative estimate of drug-likeness (QED) is 0.132. The first-order chi connectivity index (χ1) is 33.6. The number of aromatic hydroxyl groups is 1. The second-order valence-corrected chi connectivity index (χ2v) is 21.0. The highest BCUT2D eigenvalue weighted by Gasteiger charge is 2.46. The number of piperidine rings is 2. The largest absolute Gasteiger partial charge is 0.508 e. The third-order valence-electron chi connectivity index (χ3n) is 16.3. The average molecular weight is 937 g/mol. The molecule has 6 aliphatic heterocycles. The van der Waals surface area contributed by atoms with Crippen LogP contribution >= 0.6 is 0 Å². The van der Waals surface area contributed by atoms with E-state index in [-0.39, 0.29) is 52.5 Å². The van der Waals surface area contributed by atoms with Crippen molar-refractivity contribution >= 4 is 50.9 Å². The number of nitrogens with one attached hydrogen (secondary N) is 2. The molecule has 5 saturated heterocycles. The smallest absolute Gasteiger partial charge is 0.319 e. The van der Waals surface area contributed by atoms with Crippen LogP contribution in [0.5, 0.6) is 11.8 Å². The molecule has 16 heteroatoms. The summed E-state index contributed by atoms with van der Waals surface area (Å²) in [4.78, 5) is 63.5. The molecule has 0 radical (unpaired) electrons. The first kappa shape index (κ1) is 44.3. The normalized spacial score (nSPS) is 24.1. The molecule has 3 aromatic carbocycles. The number of hydrogen-bond acceptors (Lipinski definition) is 13. The lowest BCUT2D eigenvalue weighted by atomic mass is 9.95. The number of carbonyl (C=O) groups excluding carboxylic acids is 3. The van der Waals surface area contributed by atoms with Gasteiger partial charge in [0.1, 0.15) is 28.8 Å². The summed E-state index contributed by atoms with van der Waals surface area (Å²) in [7, 11) is 0. The molecule has 15 nitrogen and oxygen atoms in total. The van der Waals surface area contributed by atoms with E-state index in [0.29, 0.717) is 59.9 Å². The number of imide groups is 1. The Morgan fingerprint density at radius 1 is 0.870 bits per heavy atom. The fourth-order valence-electron chi connectivity index (χ4n) is 12.3. The van der Waals surface area contributed by atoms with Crippen LogP contribution in [0.15, 0.2) is 54.7 Å². The molecule has 2 aromatic heterocycles. The molecule has 12 rings (SSSR count). The lowest BCUT2D eigenvalue weighted by molar-refractivity contribution is -0.136. The second kappa shape index (κ2) is 17.8. The van der Waals surface area contributed by atoms with Crippen LogP contribution in [0, 0.1) is 17.2 Å². The van der Waals surface area contributed by atoms with Gasteiger partial charge in [0.05, 0.1) is 12.0 Å². The van der Waals surface area contributed by atoms with Crippen molar-refractivity contribution in [2.45, 2.75) is 89.4 Å². The van der Waals surface area contributed by atoms with Crippen LogP contribution in [0.1, 0.15) is 79.8 Å². The number of amides is 3. The van der Waals surface area contributed by atoms with Crippen molar-refractivity contribution in [3.8, 4) is 23.0 Å². The number of hydrogen-bond donors (Lipinski definition) is 3. The Kier molecular flexibility index (Phi) is 11.4. The summed E-state index contributed by atoms with van der Waals surface area (Å²) >= 11 is 0. The molecular weight excluding hydrogens is 876 g/mol. The van der Waals surface area contributed by atoms with Crippen LogP contribution in [-0.2, 0) is 22.6 Å². The standard InChI is InChI=1S/C53H61FN10O5/c1-2-33-4-3-5-34-23-39(65)24-41(45(33)34)47-46(54)48-42(25-55-47)49(63-28-36-6-7-37(29-63)56-36)59-52(58-48)69-31-53(14-15-53)30-61-20-18-60(19-21-61)26-32-12-16-62(17-13-32)38-8-9-40-35(22-38)27-64(51(40)68)43-10-11-44(66)57-50(43)67/h3-5,8-9,22-25,32,36-37,43,56,65H,2,6-7,10-21,26-31H2,1H3,(H,57,66,67). The van der Waals surface area contributed by atoms with Crippen molar-refractivity contribution in [3.05, 3.63) is 77.2 Å². The number of phenols is 1. The van der Waals surface area contributed by atoms with E-state index >= 15 is 4.39 Å². The van der Waals surface area contributed by atoms with Crippen molar-refractivity contribution in [2.75, 3.05) is 81.9 Å². The Bertz CT molecular complexity index is 2850. The Balaban J connectivity index is 0.678. The number of aromatic nitrogens is 3. The maximum atomic E-state index is 17.2. The minimum absolute atomic E-state index is 0.00862. The van der Waals surface area contributed by atoms with Gasteiger partial charge in [-0.05, 0) is 110 Å². The van der Waals surface area contributed by atoms with Crippen LogP contribution in [0.2, 0.25) is 0 Å². The molecule has 0 spiro atoms. The summed E-state index contributed by atoms with van der Waals surface area (Å²) in [5, 5.41) is 19.1. The highest BCUT2D eigenvalue weighted by Crippen LogP contribution is 2.47. The Morgan fingerprint density at radius 2 is 1.65 bits per heavy atom. The zero-order chi connectivity index (χ0) is 47.0. The van der Waals surface area contributed by atoms with Gasteiger partial charge in [-0.2, -0.15) is 9.97 Å². The average Bonchev–Trinajstić information content (AvgIpc) is 3.93. The number of anilines is 2. The maximum Gasteiger partial charge on any atom is 0.319 e. The van der Waals surface area contributed by atoms with Crippen molar-refractivity contribution in [1.29, 1.82) is 0 Å². The topological polar surface area (TPSA) is 160 Å². The highest BCUT2D eigenvalue weighted by molar-refractivity contribution is 6.06. The third kappa shape index (κ3) is 8.51. The fourth-order valence-corrected chi connectivity index (χ4v) is 12.3. The Morgan fingerprint density at radius 3 is 2.41 bits per heavy atom. The van der Waals surface area contributed by atoms with Gasteiger partial charge in [0.15, 0.2) is 5.82 Å². The summed E-state index contributed by atoms with van der Waals surface area (Å²) in [5.41, 5.74) is 4.67. The first-order valence-electron chi connectivity index (χ1n) is 25.3. The minimum Gasteiger partial charge on any atom is -0.508 e. The van der Waals surface area contributed by atoms with Crippen LogP contribution in [0.25, 0.3) is 32.9 Å². The molecular formula is C53H61FN10O5. The molecule has 7 aliphatic rings. The number of pyridine rings is 1. The van der Waals surface area contributed by atoms with Crippen LogP contribution < -0.4 is 25.2 Å². The van der Waals surface area contributed by atoms with Gasteiger partial charge in [-0.3, -0.25) is 24.7 Å². The molecule has 360 valence electrons. The molecule has 3 atom stereocenters. The van der Waals surface area contributed by atoms with Gasteiger partial charge in [0, 0.05) is 119 Å². The number of nitrogens with zero attached hydrogens (tertiary/aromatic N) is 8. The number of benzene rings is 3. The number of carbonyl (C=O) groups is 3. The molecule has 5 aromatic rings. The second-order valence-electron chi connectivity index (χ2n) is 21.0. The molecule has 69 heavy (non-hydrogen) atoms. The lowest BCUT2D eigenvalue weighted by Gasteiger charge is -2.40. The van der Waals surface area contributed by atoms with E-state index in [0.717, 1.165) is 138 Å². The fraction of sp³-hybridized carbons (Fsp3) is 0.509. The van der Waals surface area contributed by atoms with Gasteiger partial charge >= 0.3 is 6.01 Å². The number of fused-ring (bicyclic) bond motifs is 5. The Labute approximate surface area is 401 Å². The van der Waals surface area contributed by atoms with Gasteiger partial charge in [-0.25, -0.2) is 4.39 Å². The van der Waals surface area contributed by atoms with Gasteiger partial charge in [-0.15, -0.1) is 0 Å². The molecule has 3 N–H and O–H groups in total.